The fourth-order valence-corrected chi connectivity index (χ4v) is 2.56. The first-order valence-corrected chi connectivity index (χ1v) is 7.57. The van der Waals surface area contributed by atoms with Crippen molar-refractivity contribution < 1.29 is 9.53 Å². The van der Waals surface area contributed by atoms with Crippen molar-refractivity contribution in [3.05, 3.63) is 64.7 Å². The van der Waals surface area contributed by atoms with Crippen LogP contribution in [0.15, 0.2) is 42.5 Å². The maximum atomic E-state index is 12.5. The quantitative estimate of drug-likeness (QED) is 0.898. The van der Waals surface area contributed by atoms with Gasteiger partial charge in [-0.25, -0.2) is 0 Å². The first-order chi connectivity index (χ1) is 10.5. The Labute approximate surface area is 132 Å². The monoisotopic (exact) mass is 297 g/mol. The molecule has 0 bridgehead atoms. The average Bonchev–Trinajstić information content (AvgIpc) is 2.52. The van der Waals surface area contributed by atoms with Gasteiger partial charge in [0.05, 0.1) is 13.2 Å². The van der Waals surface area contributed by atoms with Gasteiger partial charge in [-0.3, -0.25) is 4.79 Å². The van der Waals surface area contributed by atoms with E-state index in [0.29, 0.717) is 0 Å². The van der Waals surface area contributed by atoms with Gasteiger partial charge in [0.15, 0.2) is 0 Å². The smallest absolute Gasteiger partial charge is 0.252 e. The number of rotatable bonds is 5. The molecule has 0 aromatic heterocycles. The lowest BCUT2D eigenvalue weighted by Gasteiger charge is -2.18. The number of hydrogen-bond donors (Lipinski definition) is 1. The molecule has 2 aromatic rings. The van der Waals surface area contributed by atoms with Crippen molar-refractivity contribution in [1.29, 1.82) is 0 Å². The minimum absolute atomic E-state index is 0.000825. The summed E-state index contributed by atoms with van der Waals surface area (Å²) in [7, 11) is 1.65. The molecule has 1 N–H and O–H groups in total. The Hall–Kier alpha value is -2.29. The number of amides is 1. The van der Waals surface area contributed by atoms with E-state index in [1.165, 1.54) is 0 Å². The SMILES string of the molecule is CC[C@@H](NC(=O)c1ccc(C)cc1C)c1ccc(OC)cc1. The molecule has 0 radical (unpaired) electrons. The third kappa shape index (κ3) is 3.67. The third-order valence-electron chi connectivity index (χ3n) is 3.86. The van der Waals surface area contributed by atoms with Crippen LogP contribution in [0.2, 0.25) is 0 Å². The van der Waals surface area contributed by atoms with Crippen LogP contribution in [-0.4, -0.2) is 13.0 Å². The highest BCUT2D eigenvalue weighted by Gasteiger charge is 2.15. The van der Waals surface area contributed by atoms with E-state index in [-0.39, 0.29) is 11.9 Å². The Balaban J connectivity index is 2.16. The van der Waals surface area contributed by atoms with Crippen molar-refractivity contribution in [2.45, 2.75) is 33.2 Å². The topological polar surface area (TPSA) is 38.3 Å². The zero-order valence-corrected chi connectivity index (χ0v) is 13.6. The largest absolute Gasteiger partial charge is 0.497 e. The Morgan fingerprint density at radius 1 is 1.14 bits per heavy atom. The number of carbonyl (C=O) groups is 1. The molecule has 3 nitrogen and oxygen atoms in total. The summed E-state index contributed by atoms with van der Waals surface area (Å²) < 4.78 is 5.17. The van der Waals surface area contributed by atoms with Crippen molar-refractivity contribution in [2.75, 3.05) is 7.11 Å². The summed E-state index contributed by atoms with van der Waals surface area (Å²) in [6.07, 6.45) is 0.836. The molecule has 0 fully saturated rings. The van der Waals surface area contributed by atoms with Crippen molar-refractivity contribution in [3.8, 4) is 5.75 Å². The van der Waals surface area contributed by atoms with E-state index in [1.54, 1.807) is 7.11 Å². The minimum Gasteiger partial charge on any atom is -0.497 e. The maximum absolute atomic E-state index is 12.5. The molecule has 1 amide bonds. The van der Waals surface area contributed by atoms with Crippen LogP contribution in [0.3, 0.4) is 0 Å². The molecule has 2 aromatic carbocycles. The van der Waals surface area contributed by atoms with E-state index in [0.717, 1.165) is 34.4 Å². The van der Waals surface area contributed by atoms with E-state index in [9.17, 15) is 4.79 Å². The lowest BCUT2D eigenvalue weighted by atomic mass is 10.0. The van der Waals surface area contributed by atoms with E-state index in [1.807, 2.05) is 56.3 Å². The molecule has 0 saturated heterocycles. The van der Waals surface area contributed by atoms with Gasteiger partial charge in [0.1, 0.15) is 5.75 Å². The van der Waals surface area contributed by atoms with Gasteiger partial charge < -0.3 is 10.1 Å². The average molecular weight is 297 g/mol. The molecule has 1 atom stereocenters. The summed E-state index contributed by atoms with van der Waals surface area (Å²) in [6, 6.07) is 13.7. The first kappa shape index (κ1) is 16.1. The molecule has 0 aliphatic heterocycles. The van der Waals surface area contributed by atoms with E-state index in [2.05, 4.69) is 12.2 Å². The molecule has 116 valence electrons. The molecule has 2 rings (SSSR count). The molecule has 0 unspecified atom stereocenters. The van der Waals surface area contributed by atoms with Gasteiger partial charge in [-0.15, -0.1) is 0 Å². The Morgan fingerprint density at radius 2 is 1.82 bits per heavy atom. The Bertz CT molecular complexity index is 647. The summed E-state index contributed by atoms with van der Waals surface area (Å²) in [5, 5.41) is 3.12. The molecule has 0 aliphatic rings. The zero-order valence-electron chi connectivity index (χ0n) is 13.6. The van der Waals surface area contributed by atoms with Crippen LogP contribution in [0, 0.1) is 13.8 Å². The summed E-state index contributed by atoms with van der Waals surface area (Å²) >= 11 is 0. The fourth-order valence-electron chi connectivity index (χ4n) is 2.56. The number of ether oxygens (including phenoxy) is 1. The fraction of sp³-hybridized carbons (Fsp3) is 0.316. The summed E-state index contributed by atoms with van der Waals surface area (Å²) in [4.78, 5) is 12.5. The van der Waals surface area contributed by atoms with Crippen molar-refractivity contribution in [1.82, 2.24) is 5.32 Å². The van der Waals surface area contributed by atoms with Crippen LogP contribution in [0.4, 0.5) is 0 Å². The lowest BCUT2D eigenvalue weighted by molar-refractivity contribution is 0.0935. The summed E-state index contributed by atoms with van der Waals surface area (Å²) in [6.45, 7) is 6.06. The van der Waals surface area contributed by atoms with Gasteiger partial charge >= 0.3 is 0 Å². The van der Waals surface area contributed by atoms with E-state index >= 15 is 0 Å². The molecule has 0 spiro atoms. The number of aryl methyl sites for hydroxylation is 2. The van der Waals surface area contributed by atoms with Gasteiger partial charge in [0, 0.05) is 5.56 Å². The predicted molar refractivity (Wildman–Crippen MR) is 89.4 cm³/mol. The number of methoxy groups -OCH3 is 1. The lowest BCUT2D eigenvalue weighted by Crippen LogP contribution is -2.28. The molecule has 3 heteroatoms. The number of benzene rings is 2. The third-order valence-corrected chi connectivity index (χ3v) is 3.86. The van der Waals surface area contributed by atoms with Gasteiger partial charge in [-0.2, -0.15) is 0 Å². The number of carbonyl (C=O) groups excluding carboxylic acids is 1. The van der Waals surface area contributed by atoms with Crippen LogP contribution in [0.25, 0.3) is 0 Å². The van der Waals surface area contributed by atoms with Crippen molar-refractivity contribution in [2.24, 2.45) is 0 Å². The molecular weight excluding hydrogens is 274 g/mol. The van der Waals surface area contributed by atoms with Gasteiger partial charge in [-0.1, -0.05) is 36.8 Å². The molecular formula is C19H23NO2. The second kappa shape index (κ2) is 7.12. The summed E-state index contributed by atoms with van der Waals surface area (Å²) in [5.74, 6) is 0.791. The number of hydrogen-bond acceptors (Lipinski definition) is 2. The highest BCUT2D eigenvalue weighted by Crippen LogP contribution is 2.21. The molecule has 22 heavy (non-hydrogen) atoms. The van der Waals surface area contributed by atoms with Crippen LogP contribution in [-0.2, 0) is 0 Å². The minimum atomic E-state index is -0.0276. The highest BCUT2D eigenvalue weighted by molar-refractivity contribution is 5.95. The van der Waals surface area contributed by atoms with Crippen molar-refractivity contribution >= 4 is 5.91 Å². The van der Waals surface area contributed by atoms with Crippen LogP contribution >= 0.6 is 0 Å². The van der Waals surface area contributed by atoms with Crippen LogP contribution in [0.1, 0.15) is 46.4 Å². The molecule has 0 aliphatic carbocycles. The Kier molecular flexibility index (Phi) is 5.21. The maximum Gasteiger partial charge on any atom is 0.252 e. The molecule has 0 heterocycles. The van der Waals surface area contributed by atoms with Gasteiger partial charge in [0.25, 0.3) is 5.91 Å². The number of nitrogens with one attached hydrogen (secondary N) is 1. The first-order valence-electron chi connectivity index (χ1n) is 7.57. The summed E-state index contributed by atoms with van der Waals surface area (Å²) in [5.41, 5.74) is 3.98. The van der Waals surface area contributed by atoms with Crippen LogP contribution in [0.5, 0.6) is 5.75 Å². The highest BCUT2D eigenvalue weighted by atomic mass is 16.5. The Morgan fingerprint density at radius 3 is 2.36 bits per heavy atom. The van der Waals surface area contributed by atoms with Crippen molar-refractivity contribution in [3.63, 3.8) is 0 Å². The second-order valence-electron chi connectivity index (χ2n) is 5.53. The normalized spacial score (nSPS) is 11.8. The van der Waals surface area contributed by atoms with Crippen LogP contribution < -0.4 is 10.1 Å². The van der Waals surface area contributed by atoms with Gasteiger partial charge in [0.2, 0.25) is 0 Å². The predicted octanol–water partition coefficient (Wildman–Crippen LogP) is 4.19. The molecule has 0 saturated carbocycles. The standard InChI is InChI=1S/C19H23NO2/c1-5-18(15-7-9-16(22-4)10-8-15)20-19(21)17-11-6-13(2)12-14(17)3/h6-12,18H,5H2,1-4H3,(H,20,21)/t18-/m1/s1. The van der Waals surface area contributed by atoms with E-state index < -0.39 is 0 Å². The second-order valence-corrected chi connectivity index (χ2v) is 5.53. The van der Waals surface area contributed by atoms with Gasteiger partial charge in [-0.05, 0) is 49.6 Å². The zero-order chi connectivity index (χ0) is 16.1. The van der Waals surface area contributed by atoms with E-state index in [4.69, 9.17) is 4.74 Å².